The van der Waals surface area contributed by atoms with Crippen LogP contribution in [0.1, 0.15) is 37.7 Å². The molecule has 1 heterocycles. The highest BCUT2D eigenvalue weighted by molar-refractivity contribution is 5.20. The Labute approximate surface area is 83.3 Å². The fraction of sp³-hybridized carbons (Fsp3) is 0.545. The van der Waals surface area contributed by atoms with Gasteiger partial charge in [-0.15, -0.1) is 0 Å². The van der Waals surface area contributed by atoms with E-state index < -0.39 is 5.95 Å². The maximum atomic E-state index is 12.6. The van der Waals surface area contributed by atoms with E-state index in [2.05, 4.69) is 4.98 Å². The second kappa shape index (κ2) is 3.65. The van der Waals surface area contributed by atoms with Crippen molar-refractivity contribution < 1.29 is 4.39 Å². The molecule has 0 amide bonds. The Kier molecular flexibility index (Phi) is 2.50. The van der Waals surface area contributed by atoms with Gasteiger partial charge >= 0.3 is 0 Å². The van der Waals surface area contributed by atoms with Crippen LogP contribution in [-0.2, 0) is 5.54 Å². The number of hydrogen-bond acceptors (Lipinski definition) is 2. The molecule has 1 fully saturated rings. The van der Waals surface area contributed by atoms with Gasteiger partial charge in [-0.05, 0) is 24.5 Å². The number of halogens is 1. The molecule has 2 nitrogen and oxygen atoms in total. The second-order valence-electron chi connectivity index (χ2n) is 4.09. The third-order valence-corrected chi connectivity index (χ3v) is 3.05. The van der Waals surface area contributed by atoms with E-state index in [-0.39, 0.29) is 5.54 Å². The molecule has 0 saturated heterocycles. The Balaban J connectivity index is 2.23. The zero-order valence-electron chi connectivity index (χ0n) is 8.17. The molecule has 2 N–H and O–H groups in total. The summed E-state index contributed by atoms with van der Waals surface area (Å²) < 4.78 is 12.6. The summed E-state index contributed by atoms with van der Waals surface area (Å²) in [6, 6.07) is 3.15. The fourth-order valence-electron chi connectivity index (χ4n) is 2.14. The smallest absolute Gasteiger partial charge is 0.212 e. The predicted molar refractivity (Wildman–Crippen MR) is 53.1 cm³/mol. The minimum atomic E-state index is -0.437. The van der Waals surface area contributed by atoms with Gasteiger partial charge in [-0.1, -0.05) is 25.3 Å². The van der Waals surface area contributed by atoms with Crippen LogP contribution in [0.3, 0.4) is 0 Å². The minimum Gasteiger partial charge on any atom is -0.321 e. The summed E-state index contributed by atoms with van der Waals surface area (Å²) in [5, 5.41) is 0. The molecule has 1 saturated carbocycles. The zero-order chi connectivity index (χ0) is 10.0. The lowest BCUT2D eigenvalue weighted by molar-refractivity contribution is 0.301. The van der Waals surface area contributed by atoms with Crippen LogP contribution in [0.2, 0.25) is 0 Å². The van der Waals surface area contributed by atoms with E-state index in [4.69, 9.17) is 5.73 Å². The van der Waals surface area contributed by atoms with Gasteiger partial charge in [0, 0.05) is 11.7 Å². The molecule has 0 aromatic carbocycles. The summed E-state index contributed by atoms with van der Waals surface area (Å²) in [5.74, 6) is -0.437. The van der Waals surface area contributed by atoms with Crippen LogP contribution in [0.4, 0.5) is 4.39 Å². The molecule has 0 atom stereocenters. The van der Waals surface area contributed by atoms with Crippen LogP contribution >= 0.6 is 0 Å². The predicted octanol–water partition coefficient (Wildman–Crippen LogP) is 2.34. The van der Waals surface area contributed by atoms with Crippen molar-refractivity contribution in [1.82, 2.24) is 4.98 Å². The minimum absolute atomic E-state index is 0.265. The highest BCUT2D eigenvalue weighted by atomic mass is 19.1. The fourth-order valence-corrected chi connectivity index (χ4v) is 2.14. The van der Waals surface area contributed by atoms with E-state index in [1.165, 1.54) is 12.5 Å². The SMILES string of the molecule is NC1(c2ccc(F)nc2)CCCCC1. The van der Waals surface area contributed by atoms with E-state index in [0.29, 0.717) is 0 Å². The van der Waals surface area contributed by atoms with E-state index in [1.54, 1.807) is 12.3 Å². The summed E-state index contributed by atoms with van der Waals surface area (Å²) in [6.45, 7) is 0. The molecule has 14 heavy (non-hydrogen) atoms. The number of hydrogen-bond donors (Lipinski definition) is 1. The molecule has 76 valence electrons. The van der Waals surface area contributed by atoms with Gasteiger partial charge in [-0.25, -0.2) is 4.98 Å². The molecule has 0 spiro atoms. The number of rotatable bonds is 1. The number of aromatic nitrogens is 1. The number of pyridine rings is 1. The molecule has 1 aromatic heterocycles. The summed E-state index contributed by atoms with van der Waals surface area (Å²) in [7, 11) is 0. The molecule has 1 aliphatic carbocycles. The van der Waals surface area contributed by atoms with Gasteiger partial charge < -0.3 is 5.73 Å². The van der Waals surface area contributed by atoms with Crippen molar-refractivity contribution in [3.63, 3.8) is 0 Å². The Hall–Kier alpha value is -0.960. The molecule has 0 radical (unpaired) electrons. The first-order valence-electron chi connectivity index (χ1n) is 5.12. The highest BCUT2D eigenvalue weighted by Gasteiger charge is 2.29. The normalized spacial score (nSPS) is 20.7. The van der Waals surface area contributed by atoms with E-state index in [9.17, 15) is 4.39 Å². The van der Waals surface area contributed by atoms with Crippen molar-refractivity contribution in [2.24, 2.45) is 5.73 Å². The van der Waals surface area contributed by atoms with Crippen molar-refractivity contribution in [3.05, 3.63) is 29.8 Å². The monoisotopic (exact) mass is 194 g/mol. The zero-order valence-corrected chi connectivity index (χ0v) is 8.17. The van der Waals surface area contributed by atoms with Crippen LogP contribution in [0.25, 0.3) is 0 Å². The van der Waals surface area contributed by atoms with Gasteiger partial charge in [-0.2, -0.15) is 4.39 Å². The first-order valence-corrected chi connectivity index (χ1v) is 5.12. The lowest BCUT2D eigenvalue weighted by atomic mass is 9.78. The van der Waals surface area contributed by atoms with Crippen molar-refractivity contribution in [2.45, 2.75) is 37.6 Å². The van der Waals surface area contributed by atoms with Crippen molar-refractivity contribution >= 4 is 0 Å². The van der Waals surface area contributed by atoms with Gasteiger partial charge in [0.05, 0.1) is 0 Å². The average Bonchev–Trinajstić information content (AvgIpc) is 2.19. The molecule has 0 unspecified atom stereocenters. The van der Waals surface area contributed by atoms with Gasteiger partial charge in [0.1, 0.15) is 0 Å². The third-order valence-electron chi connectivity index (χ3n) is 3.05. The van der Waals surface area contributed by atoms with Crippen molar-refractivity contribution in [2.75, 3.05) is 0 Å². The Morgan fingerprint density at radius 3 is 2.50 bits per heavy atom. The Morgan fingerprint density at radius 2 is 1.93 bits per heavy atom. The van der Waals surface area contributed by atoms with E-state index in [1.807, 2.05) is 0 Å². The number of nitrogens with two attached hydrogens (primary N) is 1. The Morgan fingerprint density at radius 1 is 1.21 bits per heavy atom. The van der Waals surface area contributed by atoms with Crippen LogP contribution in [0.15, 0.2) is 18.3 Å². The van der Waals surface area contributed by atoms with Crippen LogP contribution < -0.4 is 5.73 Å². The molecule has 0 aliphatic heterocycles. The first kappa shape index (κ1) is 9.59. The topological polar surface area (TPSA) is 38.9 Å². The summed E-state index contributed by atoms with van der Waals surface area (Å²) in [5.41, 5.74) is 6.97. The van der Waals surface area contributed by atoms with E-state index in [0.717, 1.165) is 31.2 Å². The summed E-state index contributed by atoms with van der Waals surface area (Å²) in [6.07, 6.45) is 7.12. The molecular formula is C11H15FN2. The summed E-state index contributed by atoms with van der Waals surface area (Å²) in [4.78, 5) is 3.65. The van der Waals surface area contributed by atoms with Crippen LogP contribution in [0.5, 0.6) is 0 Å². The Bertz CT molecular complexity index is 302. The molecule has 1 aliphatic rings. The lowest BCUT2D eigenvalue weighted by Gasteiger charge is -2.33. The van der Waals surface area contributed by atoms with E-state index >= 15 is 0 Å². The van der Waals surface area contributed by atoms with Crippen molar-refractivity contribution in [1.29, 1.82) is 0 Å². The molecule has 0 bridgehead atoms. The third kappa shape index (κ3) is 1.77. The highest BCUT2D eigenvalue weighted by Crippen LogP contribution is 2.34. The second-order valence-corrected chi connectivity index (χ2v) is 4.09. The quantitative estimate of drug-likeness (QED) is 0.697. The number of nitrogens with zero attached hydrogens (tertiary/aromatic N) is 1. The van der Waals surface area contributed by atoms with Gasteiger partial charge in [-0.3, -0.25) is 0 Å². The average molecular weight is 194 g/mol. The van der Waals surface area contributed by atoms with Gasteiger partial charge in [0.15, 0.2) is 0 Å². The maximum absolute atomic E-state index is 12.6. The largest absolute Gasteiger partial charge is 0.321 e. The molecule has 3 heteroatoms. The van der Waals surface area contributed by atoms with Crippen molar-refractivity contribution in [3.8, 4) is 0 Å². The standard InChI is InChI=1S/C11H15FN2/c12-10-5-4-9(8-14-10)11(13)6-2-1-3-7-11/h4-5,8H,1-3,6-7,13H2. The molecule has 1 aromatic rings. The molecule has 2 rings (SSSR count). The van der Waals surface area contributed by atoms with Gasteiger partial charge in [0.2, 0.25) is 5.95 Å². The van der Waals surface area contributed by atoms with Crippen LogP contribution in [0, 0.1) is 5.95 Å². The first-order chi connectivity index (χ1) is 6.71. The lowest BCUT2D eigenvalue weighted by Crippen LogP contribution is -2.38. The maximum Gasteiger partial charge on any atom is 0.212 e. The summed E-state index contributed by atoms with van der Waals surface area (Å²) >= 11 is 0. The van der Waals surface area contributed by atoms with Crippen LogP contribution in [-0.4, -0.2) is 4.98 Å². The molecular weight excluding hydrogens is 179 g/mol. The van der Waals surface area contributed by atoms with Gasteiger partial charge in [0.25, 0.3) is 0 Å².